The number of carbonyl (C=O) groups is 1. The number of hydrogen-bond donors (Lipinski definition) is 4. The zero-order chi connectivity index (χ0) is 30.4. The zero-order valence-electron chi connectivity index (χ0n) is 26.0. The Morgan fingerprint density at radius 2 is 1.34 bits per heavy atom. The average molecular weight is 601 g/mol. The molecule has 0 rings (SSSR count). The van der Waals surface area contributed by atoms with Gasteiger partial charge in [-0.1, -0.05) is 108 Å². The first-order valence-corrected chi connectivity index (χ1v) is 17.6. The highest BCUT2D eigenvalue weighted by Gasteiger charge is 2.26. The van der Waals surface area contributed by atoms with Crippen molar-refractivity contribution in [3.8, 4) is 0 Å². The molecule has 0 aromatic carbocycles. The van der Waals surface area contributed by atoms with Gasteiger partial charge in [-0.25, -0.2) is 4.57 Å². The lowest BCUT2D eigenvalue weighted by molar-refractivity contribution is -0.123. The number of aliphatic hydroxyl groups is 1. The van der Waals surface area contributed by atoms with Crippen LogP contribution in [0.1, 0.15) is 129 Å². The number of aliphatic hydroxyl groups excluding tert-OH is 1. The second kappa shape index (κ2) is 28.8. The molecule has 3 atom stereocenters. The van der Waals surface area contributed by atoms with Gasteiger partial charge in [0.2, 0.25) is 5.91 Å². The van der Waals surface area contributed by atoms with Gasteiger partial charge in [0.05, 0.1) is 25.4 Å². The van der Waals surface area contributed by atoms with E-state index in [1.807, 2.05) is 6.08 Å². The van der Waals surface area contributed by atoms with Gasteiger partial charge in [0, 0.05) is 13.0 Å². The molecule has 9 heteroatoms. The lowest BCUT2D eigenvalue weighted by Crippen LogP contribution is -2.45. The molecule has 0 spiro atoms. The first-order chi connectivity index (χ1) is 19.9. The Labute approximate surface area is 250 Å². The number of carbonyl (C=O) groups excluding carboxylic acids is 1. The number of allylic oxidation sites excluding steroid dienone is 5. The van der Waals surface area contributed by atoms with Crippen LogP contribution in [0, 0.1) is 0 Å². The molecule has 0 fully saturated rings. The Bertz CT molecular complexity index is 744. The van der Waals surface area contributed by atoms with Crippen molar-refractivity contribution >= 4 is 13.7 Å². The van der Waals surface area contributed by atoms with E-state index in [2.05, 4.69) is 43.5 Å². The zero-order valence-corrected chi connectivity index (χ0v) is 26.9. The summed E-state index contributed by atoms with van der Waals surface area (Å²) in [4.78, 5) is 22.4. The molecule has 1 amide bonds. The summed E-state index contributed by atoms with van der Waals surface area (Å²) in [6.07, 6.45) is 30.7. The fraction of sp³-hybridized carbons (Fsp3) is 0.781. The summed E-state index contributed by atoms with van der Waals surface area (Å²) in [5, 5.41) is 13.4. The molecule has 0 saturated carbocycles. The summed E-state index contributed by atoms with van der Waals surface area (Å²) < 4.78 is 21.8. The number of hydrogen-bond acceptors (Lipinski definition) is 6. The minimum absolute atomic E-state index is 0.0715. The van der Waals surface area contributed by atoms with Crippen LogP contribution in [0.4, 0.5) is 0 Å². The van der Waals surface area contributed by atoms with E-state index in [-0.39, 0.29) is 25.7 Å². The van der Waals surface area contributed by atoms with E-state index in [9.17, 15) is 19.4 Å². The van der Waals surface area contributed by atoms with Crippen molar-refractivity contribution in [2.75, 3.05) is 19.8 Å². The second-order valence-electron chi connectivity index (χ2n) is 10.7. The molecule has 0 saturated heterocycles. The predicted molar refractivity (Wildman–Crippen MR) is 171 cm³/mol. The number of phosphoric ester groups is 1. The van der Waals surface area contributed by atoms with Crippen molar-refractivity contribution in [3.05, 3.63) is 36.5 Å². The van der Waals surface area contributed by atoms with Crippen LogP contribution in [0.15, 0.2) is 36.5 Å². The molecule has 0 aliphatic heterocycles. The standard InChI is InChI=1S/C32H61N2O6P/c1-3-5-7-9-11-12-13-14-15-16-17-18-20-22-24-26-32(36)34-30(29-40-41(37,38)39-28-27-33)31(35)25-23-21-19-10-8-6-4-2/h8,10,14-15,23,25,30-31,35H,3-7,9,11-13,16-22,24,26-29,33H2,1-2H3,(H,34,36)(H,37,38)/b10-8+,15-14-,25-23+. The van der Waals surface area contributed by atoms with E-state index in [1.54, 1.807) is 6.08 Å². The molecule has 0 radical (unpaired) electrons. The van der Waals surface area contributed by atoms with Crippen LogP contribution in [0.25, 0.3) is 0 Å². The van der Waals surface area contributed by atoms with Gasteiger partial charge in [0.1, 0.15) is 0 Å². The largest absolute Gasteiger partial charge is 0.472 e. The van der Waals surface area contributed by atoms with Crippen LogP contribution in [0.3, 0.4) is 0 Å². The SMILES string of the molecule is CCC/C=C/CC/C=C/C(O)C(COP(=O)(O)OCCN)NC(=O)CCCCCCC/C=C\CCCCCCCC. The number of nitrogens with two attached hydrogens (primary N) is 1. The molecule has 5 N–H and O–H groups in total. The summed E-state index contributed by atoms with van der Waals surface area (Å²) in [5.41, 5.74) is 5.32. The fourth-order valence-corrected chi connectivity index (χ4v) is 4.96. The minimum atomic E-state index is -4.33. The molecule has 41 heavy (non-hydrogen) atoms. The van der Waals surface area contributed by atoms with E-state index in [1.165, 1.54) is 51.4 Å². The highest BCUT2D eigenvalue weighted by molar-refractivity contribution is 7.47. The Morgan fingerprint density at radius 1 is 0.780 bits per heavy atom. The smallest absolute Gasteiger partial charge is 0.387 e. The van der Waals surface area contributed by atoms with Crippen molar-refractivity contribution in [2.24, 2.45) is 5.73 Å². The number of nitrogens with one attached hydrogen (secondary N) is 1. The maximum absolute atomic E-state index is 12.6. The maximum atomic E-state index is 12.6. The molecule has 0 aromatic rings. The van der Waals surface area contributed by atoms with Crippen molar-refractivity contribution in [1.82, 2.24) is 5.32 Å². The molecular formula is C32H61N2O6P. The summed E-state index contributed by atoms with van der Waals surface area (Å²) in [6.45, 7) is 3.95. The molecule has 0 aliphatic carbocycles. The van der Waals surface area contributed by atoms with Gasteiger partial charge >= 0.3 is 7.82 Å². The summed E-state index contributed by atoms with van der Waals surface area (Å²) >= 11 is 0. The van der Waals surface area contributed by atoms with Crippen LogP contribution in [0.2, 0.25) is 0 Å². The molecule has 0 heterocycles. The Balaban J connectivity index is 4.34. The monoisotopic (exact) mass is 600 g/mol. The minimum Gasteiger partial charge on any atom is -0.387 e. The van der Waals surface area contributed by atoms with Crippen molar-refractivity contribution in [3.63, 3.8) is 0 Å². The first-order valence-electron chi connectivity index (χ1n) is 16.1. The summed E-state index contributed by atoms with van der Waals surface area (Å²) in [5.74, 6) is -0.221. The van der Waals surface area contributed by atoms with Crippen LogP contribution < -0.4 is 11.1 Å². The number of unbranched alkanes of at least 4 members (excludes halogenated alkanes) is 13. The molecule has 8 nitrogen and oxygen atoms in total. The third kappa shape index (κ3) is 27.3. The van der Waals surface area contributed by atoms with E-state index in [0.29, 0.717) is 6.42 Å². The van der Waals surface area contributed by atoms with Crippen LogP contribution in [-0.4, -0.2) is 47.8 Å². The second-order valence-corrected chi connectivity index (χ2v) is 12.1. The number of amides is 1. The van der Waals surface area contributed by atoms with Gasteiger partial charge in [0.15, 0.2) is 0 Å². The van der Waals surface area contributed by atoms with Gasteiger partial charge in [-0.15, -0.1) is 0 Å². The molecule has 0 aliphatic rings. The molecule has 0 bridgehead atoms. The molecule has 240 valence electrons. The molecule has 0 aromatic heterocycles. The van der Waals surface area contributed by atoms with Gasteiger partial charge in [0.25, 0.3) is 0 Å². The molecular weight excluding hydrogens is 539 g/mol. The van der Waals surface area contributed by atoms with Gasteiger partial charge in [-0.05, 0) is 51.4 Å². The van der Waals surface area contributed by atoms with E-state index >= 15 is 0 Å². The predicted octanol–water partition coefficient (Wildman–Crippen LogP) is 7.65. The number of rotatable bonds is 29. The van der Waals surface area contributed by atoms with E-state index in [4.69, 9.17) is 14.8 Å². The number of phosphoric acid groups is 1. The summed E-state index contributed by atoms with van der Waals surface area (Å²) in [6, 6.07) is -0.875. The van der Waals surface area contributed by atoms with Gasteiger partial charge < -0.3 is 21.1 Å². The molecule has 3 unspecified atom stereocenters. The summed E-state index contributed by atoms with van der Waals surface area (Å²) in [7, 11) is -4.33. The highest BCUT2D eigenvalue weighted by Crippen LogP contribution is 2.43. The third-order valence-electron chi connectivity index (χ3n) is 6.67. The van der Waals surface area contributed by atoms with Crippen LogP contribution in [-0.2, 0) is 18.4 Å². The Kier molecular flexibility index (Phi) is 27.9. The van der Waals surface area contributed by atoms with Crippen molar-refractivity contribution in [1.29, 1.82) is 0 Å². The third-order valence-corrected chi connectivity index (χ3v) is 7.65. The van der Waals surface area contributed by atoms with Crippen LogP contribution in [0.5, 0.6) is 0 Å². The lowest BCUT2D eigenvalue weighted by Gasteiger charge is -2.23. The van der Waals surface area contributed by atoms with Crippen molar-refractivity contribution in [2.45, 2.75) is 142 Å². The van der Waals surface area contributed by atoms with Crippen molar-refractivity contribution < 1.29 is 28.4 Å². The average Bonchev–Trinajstić information content (AvgIpc) is 2.95. The first kappa shape index (κ1) is 39.7. The van der Waals surface area contributed by atoms with Gasteiger partial charge in [-0.3, -0.25) is 13.8 Å². The normalized spacial score (nSPS) is 15.1. The van der Waals surface area contributed by atoms with Crippen LogP contribution >= 0.6 is 7.82 Å². The van der Waals surface area contributed by atoms with E-state index < -0.39 is 20.0 Å². The Morgan fingerprint density at radius 3 is 1.98 bits per heavy atom. The fourth-order valence-electron chi connectivity index (χ4n) is 4.21. The highest BCUT2D eigenvalue weighted by atomic mass is 31.2. The lowest BCUT2D eigenvalue weighted by atomic mass is 10.1. The van der Waals surface area contributed by atoms with E-state index in [0.717, 1.165) is 57.8 Å². The van der Waals surface area contributed by atoms with Gasteiger partial charge in [-0.2, -0.15) is 0 Å². The maximum Gasteiger partial charge on any atom is 0.472 e. The quantitative estimate of drug-likeness (QED) is 0.0394. The topological polar surface area (TPSA) is 131 Å². The Hall–Kier alpha value is -1.28.